The number of morpholine rings is 1. The normalized spacial score (nSPS) is 16.1. The van der Waals surface area contributed by atoms with Crippen LogP contribution in [0.1, 0.15) is 28.0 Å². The number of hydrogen-bond donors (Lipinski definition) is 1. The second-order valence-corrected chi connectivity index (χ2v) is 9.25. The first-order chi connectivity index (χ1) is 16.6. The highest BCUT2D eigenvalue weighted by atomic mass is 32.1. The van der Waals surface area contributed by atoms with Crippen molar-refractivity contribution in [2.75, 3.05) is 51.3 Å². The van der Waals surface area contributed by atoms with Crippen molar-refractivity contribution in [2.45, 2.75) is 19.4 Å². The SMILES string of the molecule is N#Cc1c(NC(=O)/C=C/c2ccccc2)sc2c1CCN(C(=O)OCCCN1CCOCC1)C2. The molecule has 0 saturated carbocycles. The van der Waals surface area contributed by atoms with Gasteiger partial charge in [0.2, 0.25) is 5.91 Å². The topological polar surface area (TPSA) is 94.9 Å². The Morgan fingerprint density at radius 3 is 2.76 bits per heavy atom. The molecule has 0 unspecified atom stereocenters. The van der Waals surface area contributed by atoms with Crippen LogP contribution in [-0.2, 0) is 27.2 Å². The third-order valence-electron chi connectivity index (χ3n) is 5.84. The maximum absolute atomic E-state index is 12.5. The molecule has 0 radical (unpaired) electrons. The highest BCUT2D eigenvalue weighted by molar-refractivity contribution is 7.16. The Labute approximate surface area is 203 Å². The van der Waals surface area contributed by atoms with E-state index in [-0.39, 0.29) is 12.0 Å². The molecule has 1 fully saturated rings. The van der Waals surface area contributed by atoms with E-state index in [1.54, 1.807) is 11.0 Å². The number of hydrogen-bond acceptors (Lipinski definition) is 7. The first kappa shape index (κ1) is 24.0. The Kier molecular flexibility index (Phi) is 8.31. The minimum Gasteiger partial charge on any atom is -0.449 e. The summed E-state index contributed by atoms with van der Waals surface area (Å²) in [5.41, 5.74) is 2.31. The molecule has 34 heavy (non-hydrogen) atoms. The molecule has 0 bridgehead atoms. The molecule has 0 atom stereocenters. The predicted molar refractivity (Wildman–Crippen MR) is 130 cm³/mol. The molecule has 2 aliphatic heterocycles. The van der Waals surface area contributed by atoms with Gasteiger partial charge in [-0.15, -0.1) is 11.3 Å². The van der Waals surface area contributed by atoms with Crippen LogP contribution in [0.3, 0.4) is 0 Å². The van der Waals surface area contributed by atoms with E-state index >= 15 is 0 Å². The molecule has 3 heterocycles. The second kappa shape index (κ2) is 11.8. The van der Waals surface area contributed by atoms with Crippen LogP contribution in [-0.4, -0.2) is 67.8 Å². The van der Waals surface area contributed by atoms with Crippen LogP contribution < -0.4 is 5.32 Å². The van der Waals surface area contributed by atoms with Gasteiger partial charge in [0.25, 0.3) is 0 Å². The predicted octanol–water partition coefficient (Wildman–Crippen LogP) is 3.49. The van der Waals surface area contributed by atoms with Gasteiger partial charge in [0.05, 0.1) is 31.9 Å². The van der Waals surface area contributed by atoms with Gasteiger partial charge in [0, 0.05) is 37.1 Å². The van der Waals surface area contributed by atoms with Crippen LogP contribution in [0, 0.1) is 11.3 Å². The largest absolute Gasteiger partial charge is 0.449 e. The lowest BCUT2D eigenvalue weighted by molar-refractivity contribution is -0.111. The molecule has 9 heteroatoms. The summed E-state index contributed by atoms with van der Waals surface area (Å²) in [5.74, 6) is -0.296. The van der Waals surface area contributed by atoms with Gasteiger partial charge < -0.3 is 19.7 Å². The highest BCUT2D eigenvalue weighted by Gasteiger charge is 2.28. The van der Waals surface area contributed by atoms with E-state index in [9.17, 15) is 14.9 Å². The Hall–Kier alpha value is -3.19. The number of carbonyl (C=O) groups is 2. The molecule has 1 saturated heterocycles. The van der Waals surface area contributed by atoms with Crippen molar-refractivity contribution in [3.8, 4) is 6.07 Å². The summed E-state index contributed by atoms with van der Waals surface area (Å²) in [6, 6.07) is 11.8. The van der Waals surface area contributed by atoms with Crippen LogP contribution in [0.5, 0.6) is 0 Å². The zero-order chi connectivity index (χ0) is 23.8. The number of carbonyl (C=O) groups excluding carboxylic acids is 2. The van der Waals surface area contributed by atoms with Crippen molar-refractivity contribution in [1.29, 1.82) is 5.26 Å². The van der Waals surface area contributed by atoms with Crippen LogP contribution in [0.15, 0.2) is 36.4 Å². The summed E-state index contributed by atoms with van der Waals surface area (Å²) in [6.45, 7) is 5.49. The van der Waals surface area contributed by atoms with Gasteiger partial charge in [-0.2, -0.15) is 5.26 Å². The summed E-state index contributed by atoms with van der Waals surface area (Å²) < 4.78 is 10.8. The molecule has 1 aromatic heterocycles. The van der Waals surface area contributed by atoms with Gasteiger partial charge in [0.15, 0.2) is 0 Å². The standard InChI is InChI=1S/C25H28N4O4S/c26-17-21-20-9-11-29(25(31)33-14-4-10-28-12-15-32-16-13-28)18-22(20)34-24(21)27-23(30)8-7-19-5-2-1-3-6-19/h1-3,5-8H,4,9-16,18H2,(H,27,30)/b8-7+. The molecule has 2 aliphatic rings. The minimum absolute atomic E-state index is 0.296. The molecule has 0 aliphatic carbocycles. The van der Waals surface area contributed by atoms with Gasteiger partial charge in [0.1, 0.15) is 11.1 Å². The maximum atomic E-state index is 12.5. The molecule has 2 aromatic rings. The summed E-state index contributed by atoms with van der Waals surface area (Å²) >= 11 is 1.35. The lowest BCUT2D eigenvalue weighted by Crippen LogP contribution is -2.38. The van der Waals surface area contributed by atoms with Crippen molar-refractivity contribution >= 4 is 34.4 Å². The van der Waals surface area contributed by atoms with E-state index in [1.165, 1.54) is 17.4 Å². The highest BCUT2D eigenvalue weighted by Crippen LogP contribution is 2.36. The van der Waals surface area contributed by atoms with Gasteiger partial charge in [-0.25, -0.2) is 4.79 Å². The number of benzene rings is 1. The Balaban J connectivity index is 1.30. The van der Waals surface area contributed by atoms with E-state index in [1.807, 2.05) is 30.3 Å². The average Bonchev–Trinajstić information content (AvgIpc) is 3.22. The Bertz CT molecular complexity index is 1070. The van der Waals surface area contributed by atoms with Crippen molar-refractivity contribution in [2.24, 2.45) is 0 Å². The number of anilines is 1. The molecular weight excluding hydrogens is 452 g/mol. The summed E-state index contributed by atoms with van der Waals surface area (Å²) in [4.78, 5) is 29.8. The van der Waals surface area contributed by atoms with E-state index in [0.717, 1.165) is 55.3 Å². The summed E-state index contributed by atoms with van der Waals surface area (Å²) in [6.07, 6.45) is 4.19. The lowest BCUT2D eigenvalue weighted by Gasteiger charge is -2.27. The van der Waals surface area contributed by atoms with Gasteiger partial charge in [-0.05, 0) is 30.0 Å². The number of fused-ring (bicyclic) bond motifs is 1. The third kappa shape index (κ3) is 6.23. The minimum atomic E-state index is -0.337. The molecular formula is C25H28N4O4S. The number of amides is 2. The third-order valence-corrected chi connectivity index (χ3v) is 6.97. The first-order valence-corrected chi connectivity index (χ1v) is 12.3. The fourth-order valence-electron chi connectivity index (χ4n) is 4.02. The molecule has 4 rings (SSSR count). The Morgan fingerprint density at radius 1 is 1.21 bits per heavy atom. The smallest absolute Gasteiger partial charge is 0.410 e. The monoisotopic (exact) mass is 480 g/mol. The fourth-order valence-corrected chi connectivity index (χ4v) is 5.24. The fraction of sp³-hybridized carbons (Fsp3) is 0.400. The number of ether oxygens (including phenoxy) is 2. The van der Waals surface area contributed by atoms with Gasteiger partial charge >= 0.3 is 6.09 Å². The lowest BCUT2D eigenvalue weighted by atomic mass is 10.0. The molecule has 1 N–H and O–H groups in total. The first-order valence-electron chi connectivity index (χ1n) is 11.4. The Morgan fingerprint density at radius 2 is 2.00 bits per heavy atom. The van der Waals surface area contributed by atoms with E-state index in [2.05, 4.69) is 16.3 Å². The second-order valence-electron chi connectivity index (χ2n) is 8.15. The van der Waals surface area contributed by atoms with Crippen molar-refractivity contribution < 1.29 is 19.1 Å². The average molecular weight is 481 g/mol. The van der Waals surface area contributed by atoms with E-state index in [4.69, 9.17) is 9.47 Å². The maximum Gasteiger partial charge on any atom is 0.410 e. The molecule has 0 spiro atoms. The quantitative estimate of drug-likeness (QED) is 0.482. The number of nitriles is 1. The molecule has 1 aromatic carbocycles. The van der Waals surface area contributed by atoms with Crippen LogP contribution >= 0.6 is 11.3 Å². The molecule has 178 valence electrons. The zero-order valence-electron chi connectivity index (χ0n) is 19.0. The number of rotatable bonds is 7. The van der Waals surface area contributed by atoms with Crippen molar-refractivity contribution in [3.05, 3.63) is 58.0 Å². The number of nitrogens with zero attached hydrogens (tertiary/aromatic N) is 3. The van der Waals surface area contributed by atoms with Crippen LogP contribution in [0.2, 0.25) is 0 Å². The number of nitrogens with one attached hydrogen (secondary N) is 1. The summed E-state index contributed by atoms with van der Waals surface area (Å²) in [7, 11) is 0. The van der Waals surface area contributed by atoms with Gasteiger partial charge in [-0.3, -0.25) is 9.69 Å². The number of thiophene rings is 1. The van der Waals surface area contributed by atoms with Crippen molar-refractivity contribution in [3.63, 3.8) is 0 Å². The van der Waals surface area contributed by atoms with E-state index < -0.39 is 0 Å². The molecule has 2 amide bonds. The molecule has 8 nitrogen and oxygen atoms in total. The summed E-state index contributed by atoms with van der Waals surface area (Å²) in [5, 5.41) is 13.0. The van der Waals surface area contributed by atoms with Crippen LogP contribution in [0.25, 0.3) is 6.08 Å². The van der Waals surface area contributed by atoms with Gasteiger partial charge in [-0.1, -0.05) is 30.3 Å². The van der Waals surface area contributed by atoms with Crippen LogP contribution in [0.4, 0.5) is 9.80 Å². The zero-order valence-corrected chi connectivity index (χ0v) is 19.8. The van der Waals surface area contributed by atoms with E-state index in [0.29, 0.717) is 36.7 Å². The van der Waals surface area contributed by atoms with Crippen molar-refractivity contribution in [1.82, 2.24) is 9.80 Å².